The molecule has 0 unspecified atom stereocenters. The van der Waals surface area contributed by atoms with Gasteiger partial charge in [0, 0.05) is 22.7 Å². The van der Waals surface area contributed by atoms with Gasteiger partial charge in [0.2, 0.25) is 0 Å². The molecule has 0 aliphatic rings. The fourth-order valence-electron chi connectivity index (χ4n) is 1.44. The monoisotopic (exact) mass is 309 g/mol. The summed E-state index contributed by atoms with van der Waals surface area (Å²) in [6.07, 6.45) is 1.54. The second-order valence-electron chi connectivity index (χ2n) is 3.84. The number of hydrazone groups is 1. The summed E-state index contributed by atoms with van der Waals surface area (Å²) in [5.74, 6) is 0. The molecule has 0 fully saturated rings. The van der Waals surface area contributed by atoms with Gasteiger partial charge in [-0.05, 0) is 24.3 Å². The minimum atomic E-state index is -0.458. The minimum absolute atomic E-state index is 0.0280. The van der Waals surface area contributed by atoms with Crippen LogP contribution in [0.3, 0.4) is 0 Å². The smallest absolute Gasteiger partial charge is 0.269 e. The van der Waals surface area contributed by atoms with E-state index in [0.717, 1.165) is 0 Å². The Hall–Kier alpha value is -2.11. The van der Waals surface area contributed by atoms with E-state index in [2.05, 4.69) is 10.5 Å². The highest BCUT2D eigenvalue weighted by Gasteiger charge is 2.03. The Morgan fingerprint density at radius 2 is 1.85 bits per heavy atom. The van der Waals surface area contributed by atoms with Crippen molar-refractivity contribution >= 4 is 40.8 Å². The highest BCUT2D eigenvalue weighted by atomic mass is 35.5. The quantitative estimate of drug-likeness (QED) is 0.518. The fourth-order valence-corrected chi connectivity index (χ4v) is 1.90. The molecule has 0 spiro atoms. The maximum Gasteiger partial charge on any atom is 0.269 e. The molecule has 2 aromatic rings. The van der Waals surface area contributed by atoms with Gasteiger partial charge in [-0.15, -0.1) is 0 Å². The number of nitro groups is 1. The molecule has 0 atom stereocenters. The first-order chi connectivity index (χ1) is 9.56. The highest BCUT2D eigenvalue weighted by Crippen LogP contribution is 2.19. The van der Waals surface area contributed by atoms with Crippen molar-refractivity contribution in [2.24, 2.45) is 5.10 Å². The van der Waals surface area contributed by atoms with Crippen LogP contribution in [0.4, 0.5) is 11.4 Å². The lowest BCUT2D eigenvalue weighted by Gasteiger charge is -2.01. The Labute approximate surface area is 125 Å². The van der Waals surface area contributed by atoms with Gasteiger partial charge in [0.1, 0.15) is 0 Å². The van der Waals surface area contributed by atoms with Crippen LogP contribution in [-0.4, -0.2) is 11.1 Å². The molecular weight excluding hydrogens is 301 g/mol. The molecule has 102 valence electrons. The van der Waals surface area contributed by atoms with Gasteiger partial charge in [-0.25, -0.2) is 0 Å². The molecule has 5 nitrogen and oxygen atoms in total. The van der Waals surface area contributed by atoms with Gasteiger partial charge < -0.3 is 0 Å². The zero-order valence-corrected chi connectivity index (χ0v) is 11.6. The third-order valence-corrected chi connectivity index (χ3v) is 3.00. The van der Waals surface area contributed by atoms with Crippen molar-refractivity contribution in [1.29, 1.82) is 0 Å². The number of nitrogens with zero attached hydrogens (tertiary/aromatic N) is 2. The van der Waals surface area contributed by atoms with Crippen molar-refractivity contribution < 1.29 is 4.92 Å². The van der Waals surface area contributed by atoms with Crippen LogP contribution in [0.5, 0.6) is 0 Å². The zero-order valence-electron chi connectivity index (χ0n) is 10.1. The third kappa shape index (κ3) is 3.69. The first-order valence-electron chi connectivity index (χ1n) is 5.55. The standard InChI is InChI=1S/C13H9Cl2N3O2/c14-10-2-1-9(13(15)7-10)8-16-17-11-3-5-12(6-4-11)18(19)20/h1-8,17H/b16-8+. The topological polar surface area (TPSA) is 67.5 Å². The second kappa shape index (κ2) is 6.36. The molecule has 0 aliphatic carbocycles. The normalized spacial score (nSPS) is 10.7. The van der Waals surface area contributed by atoms with Gasteiger partial charge >= 0.3 is 0 Å². The lowest BCUT2D eigenvalue weighted by atomic mass is 10.2. The number of benzene rings is 2. The molecule has 0 saturated heterocycles. The molecule has 7 heteroatoms. The van der Waals surface area contributed by atoms with Gasteiger partial charge in [-0.1, -0.05) is 29.3 Å². The van der Waals surface area contributed by atoms with E-state index in [-0.39, 0.29) is 5.69 Å². The first kappa shape index (κ1) is 14.3. The van der Waals surface area contributed by atoms with Crippen molar-refractivity contribution in [3.8, 4) is 0 Å². The predicted octanol–water partition coefficient (Wildman–Crippen LogP) is 4.35. The Kier molecular flexibility index (Phi) is 4.55. The Morgan fingerprint density at radius 1 is 1.15 bits per heavy atom. The third-order valence-electron chi connectivity index (χ3n) is 2.44. The molecule has 0 amide bonds. The molecule has 0 saturated carbocycles. The number of nitro benzene ring substituents is 1. The van der Waals surface area contributed by atoms with Crippen LogP contribution in [0.15, 0.2) is 47.6 Å². The van der Waals surface area contributed by atoms with Gasteiger partial charge in [-0.3, -0.25) is 15.5 Å². The van der Waals surface area contributed by atoms with Gasteiger partial charge in [0.25, 0.3) is 5.69 Å². The molecule has 1 N–H and O–H groups in total. The molecular formula is C13H9Cl2N3O2. The molecule has 0 aliphatic heterocycles. The lowest BCUT2D eigenvalue weighted by Crippen LogP contribution is -1.92. The van der Waals surface area contributed by atoms with Crippen LogP contribution < -0.4 is 5.43 Å². The second-order valence-corrected chi connectivity index (χ2v) is 4.68. The molecule has 0 aromatic heterocycles. The van der Waals surface area contributed by atoms with Crippen molar-refractivity contribution in [2.45, 2.75) is 0 Å². The van der Waals surface area contributed by atoms with Crippen LogP contribution in [-0.2, 0) is 0 Å². The summed E-state index contributed by atoms with van der Waals surface area (Å²) in [6.45, 7) is 0. The van der Waals surface area contributed by atoms with Gasteiger partial charge in [-0.2, -0.15) is 5.10 Å². The van der Waals surface area contributed by atoms with Crippen molar-refractivity contribution in [2.75, 3.05) is 5.43 Å². The van der Waals surface area contributed by atoms with E-state index in [0.29, 0.717) is 21.3 Å². The summed E-state index contributed by atoms with van der Waals surface area (Å²) in [6, 6.07) is 11.0. The summed E-state index contributed by atoms with van der Waals surface area (Å²) < 4.78 is 0. The van der Waals surface area contributed by atoms with Gasteiger partial charge in [0.15, 0.2) is 0 Å². The van der Waals surface area contributed by atoms with E-state index in [1.165, 1.54) is 12.1 Å². The number of anilines is 1. The average Bonchev–Trinajstić information content (AvgIpc) is 2.42. The lowest BCUT2D eigenvalue weighted by molar-refractivity contribution is -0.384. The summed E-state index contributed by atoms with van der Waals surface area (Å²) in [7, 11) is 0. The Balaban J connectivity index is 2.04. The van der Waals surface area contributed by atoms with Crippen molar-refractivity contribution in [1.82, 2.24) is 0 Å². The minimum Gasteiger partial charge on any atom is -0.278 e. The molecule has 20 heavy (non-hydrogen) atoms. The summed E-state index contributed by atoms with van der Waals surface area (Å²) in [5.41, 5.74) is 4.13. The van der Waals surface area contributed by atoms with Crippen LogP contribution >= 0.6 is 23.2 Å². The molecule has 0 radical (unpaired) electrons. The number of non-ortho nitro benzene ring substituents is 1. The van der Waals surface area contributed by atoms with E-state index in [1.807, 2.05) is 0 Å². The van der Waals surface area contributed by atoms with Crippen LogP contribution in [0, 0.1) is 10.1 Å². The summed E-state index contributed by atoms with van der Waals surface area (Å²) in [4.78, 5) is 10.0. The van der Waals surface area contributed by atoms with E-state index >= 15 is 0 Å². The van der Waals surface area contributed by atoms with Crippen LogP contribution in [0.1, 0.15) is 5.56 Å². The average molecular weight is 310 g/mol. The van der Waals surface area contributed by atoms with Crippen molar-refractivity contribution in [3.63, 3.8) is 0 Å². The number of rotatable bonds is 4. The van der Waals surface area contributed by atoms with E-state index < -0.39 is 4.92 Å². The number of halogens is 2. The fraction of sp³-hybridized carbons (Fsp3) is 0. The molecule has 2 rings (SSSR count). The number of nitrogens with one attached hydrogen (secondary N) is 1. The van der Waals surface area contributed by atoms with Gasteiger partial charge in [0.05, 0.1) is 21.8 Å². The Bertz CT molecular complexity index is 657. The van der Waals surface area contributed by atoms with E-state index in [1.54, 1.807) is 36.5 Å². The predicted molar refractivity (Wildman–Crippen MR) is 80.8 cm³/mol. The first-order valence-corrected chi connectivity index (χ1v) is 6.30. The van der Waals surface area contributed by atoms with Crippen LogP contribution in [0.2, 0.25) is 10.0 Å². The number of hydrogen-bond donors (Lipinski definition) is 1. The van der Waals surface area contributed by atoms with Crippen LogP contribution in [0.25, 0.3) is 0 Å². The molecule has 2 aromatic carbocycles. The SMILES string of the molecule is O=[N+]([O-])c1ccc(N/N=C/c2ccc(Cl)cc2Cl)cc1. The highest BCUT2D eigenvalue weighted by molar-refractivity contribution is 6.36. The molecule has 0 bridgehead atoms. The van der Waals surface area contributed by atoms with E-state index in [4.69, 9.17) is 23.2 Å². The largest absolute Gasteiger partial charge is 0.278 e. The van der Waals surface area contributed by atoms with E-state index in [9.17, 15) is 10.1 Å². The summed E-state index contributed by atoms with van der Waals surface area (Å²) >= 11 is 11.8. The maximum absolute atomic E-state index is 10.5. The summed E-state index contributed by atoms with van der Waals surface area (Å²) in [5, 5.41) is 15.6. The zero-order chi connectivity index (χ0) is 14.5. The Morgan fingerprint density at radius 3 is 2.45 bits per heavy atom. The number of hydrogen-bond acceptors (Lipinski definition) is 4. The maximum atomic E-state index is 10.5. The van der Waals surface area contributed by atoms with Crippen molar-refractivity contribution in [3.05, 3.63) is 68.2 Å². The molecule has 0 heterocycles.